The molecule has 1 aromatic rings. The van der Waals surface area contributed by atoms with Gasteiger partial charge in [-0.25, -0.2) is 0 Å². The largest absolute Gasteiger partial charge is 0.380 e. The van der Waals surface area contributed by atoms with Crippen LogP contribution in [0.15, 0.2) is 18.2 Å². The van der Waals surface area contributed by atoms with Crippen LogP contribution in [-0.2, 0) is 10.1 Å². The second-order valence-electron chi connectivity index (χ2n) is 4.13. The first-order valence-electron chi connectivity index (χ1n) is 5.56. The molecule has 0 aromatic heterocycles. The summed E-state index contributed by atoms with van der Waals surface area (Å²) in [4.78, 5) is 12.4. The van der Waals surface area contributed by atoms with Crippen molar-refractivity contribution in [3.05, 3.63) is 33.9 Å². The quantitative estimate of drug-likeness (QED) is 0.460. The van der Waals surface area contributed by atoms with Crippen LogP contribution in [-0.4, -0.2) is 31.7 Å². The number of hydrogen-bond donors (Lipinski definition) is 0. The molecule has 1 aromatic carbocycles. The van der Waals surface area contributed by atoms with Crippen LogP contribution in [0.1, 0.15) is 12.5 Å². The molecule has 0 aliphatic heterocycles. The topological polar surface area (TPSA) is 55.6 Å². The standard InChI is InChI=1S/C12H17BrN2O3/c1-9(18-3)8-14(2)12-5-4-11(15(16)17)6-10(12)7-13/h4-6,9H,7-8H2,1-3H3. The van der Waals surface area contributed by atoms with Crippen LogP contribution in [0, 0.1) is 10.1 Å². The zero-order valence-corrected chi connectivity index (χ0v) is 12.3. The molecule has 0 fully saturated rings. The van der Waals surface area contributed by atoms with Crippen LogP contribution >= 0.6 is 15.9 Å². The van der Waals surface area contributed by atoms with Gasteiger partial charge in [0.25, 0.3) is 5.69 Å². The molecule has 0 aliphatic rings. The Kier molecular flexibility index (Phi) is 5.55. The Labute approximate surface area is 115 Å². The van der Waals surface area contributed by atoms with Gasteiger partial charge in [-0.2, -0.15) is 0 Å². The Morgan fingerprint density at radius 3 is 2.72 bits per heavy atom. The number of nitro groups is 1. The fraction of sp³-hybridized carbons (Fsp3) is 0.500. The minimum absolute atomic E-state index is 0.105. The van der Waals surface area contributed by atoms with Gasteiger partial charge in [-0.1, -0.05) is 15.9 Å². The smallest absolute Gasteiger partial charge is 0.269 e. The van der Waals surface area contributed by atoms with Crippen molar-refractivity contribution in [3.8, 4) is 0 Å². The predicted octanol–water partition coefficient (Wildman–Crippen LogP) is 2.96. The summed E-state index contributed by atoms with van der Waals surface area (Å²) in [6, 6.07) is 4.89. The molecule has 1 atom stereocenters. The van der Waals surface area contributed by atoms with Gasteiger partial charge in [0, 0.05) is 43.9 Å². The summed E-state index contributed by atoms with van der Waals surface area (Å²) in [5, 5.41) is 11.3. The summed E-state index contributed by atoms with van der Waals surface area (Å²) in [6.45, 7) is 2.71. The lowest BCUT2D eigenvalue weighted by molar-refractivity contribution is -0.384. The fourth-order valence-electron chi connectivity index (χ4n) is 1.72. The first kappa shape index (κ1) is 14.9. The predicted molar refractivity (Wildman–Crippen MR) is 75.5 cm³/mol. The summed E-state index contributed by atoms with van der Waals surface area (Å²) in [7, 11) is 3.61. The average Bonchev–Trinajstić information content (AvgIpc) is 2.37. The summed E-state index contributed by atoms with van der Waals surface area (Å²) < 4.78 is 5.22. The Balaban J connectivity index is 2.98. The number of nitrogens with zero attached hydrogens (tertiary/aromatic N) is 2. The van der Waals surface area contributed by atoms with Gasteiger partial charge in [0.15, 0.2) is 0 Å². The van der Waals surface area contributed by atoms with Crippen molar-refractivity contribution in [2.24, 2.45) is 0 Å². The molecule has 0 radical (unpaired) electrons. The number of ether oxygens (including phenoxy) is 1. The van der Waals surface area contributed by atoms with E-state index in [1.807, 2.05) is 18.9 Å². The maximum absolute atomic E-state index is 10.7. The fourth-order valence-corrected chi connectivity index (χ4v) is 2.17. The molecule has 0 aliphatic carbocycles. The number of benzene rings is 1. The van der Waals surface area contributed by atoms with Crippen molar-refractivity contribution in [1.82, 2.24) is 0 Å². The first-order chi connectivity index (χ1) is 8.49. The normalized spacial score (nSPS) is 12.2. The van der Waals surface area contributed by atoms with E-state index in [1.54, 1.807) is 19.2 Å². The molecule has 1 unspecified atom stereocenters. The number of anilines is 1. The number of methoxy groups -OCH3 is 1. The van der Waals surface area contributed by atoms with Gasteiger partial charge in [-0.3, -0.25) is 10.1 Å². The summed E-state index contributed by atoms with van der Waals surface area (Å²) >= 11 is 3.36. The third-order valence-corrected chi connectivity index (χ3v) is 3.37. The molecule has 0 heterocycles. The molecule has 0 amide bonds. The lowest BCUT2D eigenvalue weighted by Gasteiger charge is -2.24. The van der Waals surface area contributed by atoms with Gasteiger partial charge in [0.2, 0.25) is 0 Å². The molecule has 0 saturated carbocycles. The van der Waals surface area contributed by atoms with Gasteiger partial charge >= 0.3 is 0 Å². The molecule has 100 valence electrons. The second-order valence-corrected chi connectivity index (χ2v) is 4.69. The van der Waals surface area contributed by atoms with Gasteiger partial charge in [0.05, 0.1) is 11.0 Å². The van der Waals surface area contributed by atoms with E-state index in [4.69, 9.17) is 4.74 Å². The van der Waals surface area contributed by atoms with Crippen molar-refractivity contribution in [3.63, 3.8) is 0 Å². The summed E-state index contributed by atoms with van der Waals surface area (Å²) in [5.41, 5.74) is 1.98. The van der Waals surface area contributed by atoms with Gasteiger partial charge < -0.3 is 9.64 Å². The van der Waals surface area contributed by atoms with Crippen molar-refractivity contribution in [2.45, 2.75) is 18.4 Å². The third kappa shape index (κ3) is 3.68. The number of likely N-dealkylation sites (N-methyl/N-ethyl adjacent to an activating group) is 1. The zero-order valence-electron chi connectivity index (χ0n) is 10.7. The number of hydrogen-bond acceptors (Lipinski definition) is 4. The Hall–Kier alpha value is -1.14. The number of alkyl halides is 1. The van der Waals surface area contributed by atoms with Gasteiger partial charge in [-0.15, -0.1) is 0 Å². The number of non-ortho nitro benzene ring substituents is 1. The monoisotopic (exact) mass is 316 g/mol. The van der Waals surface area contributed by atoms with Crippen LogP contribution in [0.2, 0.25) is 0 Å². The zero-order chi connectivity index (χ0) is 13.7. The highest BCUT2D eigenvalue weighted by Gasteiger charge is 2.14. The van der Waals surface area contributed by atoms with Crippen molar-refractivity contribution in [1.29, 1.82) is 0 Å². The molecule has 0 bridgehead atoms. The molecular formula is C12H17BrN2O3. The molecular weight excluding hydrogens is 300 g/mol. The molecule has 6 heteroatoms. The highest BCUT2D eigenvalue weighted by molar-refractivity contribution is 9.08. The number of rotatable bonds is 6. The minimum atomic E-state index is -0.381. The van der Waals surface area contributed by atoms with E-state index in [9.17, 15) is 10.1 Å². The maximum Gasteiger partial charge on any atom is 0.269 e. The summed E-state index contributed by atoms with van der Waals surface area (Å²) in [5.74, 6) is 0. The summed E-state index contributed by atoms with van der Waals surface area (Å²) in [6.07, 6.45) is 0.105. The van der Waals surface area contributed by atoms with E-state index in [1.165, 1.54) is 6.07 Å². The number of halogens is 1. The van der Waals surface area contributed by atoms with E-state index < -0.39 is 0 Å². The second kappa shape index (κ2) is 6.70. The van der Waals surface area contributed by atoms with Crippen LogP contribution in [0.4, 0.5) is 11.4 Å². The third-order valence-electron chi connectivity index (χ3n) is 2.76. The minimum Gasteiger partial charge on any atom is -0.380 e. The molecule has 5 nitrogen and oxygen atoms in total. The lowest BCUT2D eigenvalue weighted by atomic mass is 10.1. The van der Waals surface area contributed by atoms with Crippen LogP contribution in [0.5, 0.6) is 0 Å². The highest BCUT2D eigenvalue weighted by atomic mass is 79.9. The average molecular weight is 317 g/mol. The Morgan fingerprint density at radius 2 is 2.22 bits per heavy atom. The van der Waals surface area contributed by atoms with Crippen LogP contribution in [0.3, 0.4) is 0 Å². The lowest BCUT2D eigenvalue weighted by Crippen LogP contribution is -2.28. The Morgan fingerprint density at radius 1 is 1.56 bits per heavy atom. The molecule has 0 N–H and O–H groups in total. The van der Waals surface area contributed by atoms with Crippen molar-refractivity contribution in [2.75, 3.05) is 25.6 Å². The van der Waals surface area contributed by atoms with Gasteiger partial charge in [0.1, 0.15) is 0 Å². The van der Waals surface area contributed by atoms with E-state index in [-0.39, 0.29) is 16.7 Å². The maximum atomic E-state index is 10.7. The first-order valence-corrected chi connectivity index (χ1v) is 6.69. The molecule has 0 spiro atoms. The van der Waals surface area contributed by atoms with E-state index >= 15 is 0 Å². The molecule has 0 saturated heterocycles. The van der Waals surface area contributed by atoms with Crippen molar-refractivity contribution >= 4 is 27.3 Å². The van der Waals surface area contributed by atoms with Gasteiger partial charge in [-0.05, 0) is 18.6 Å². The number of nitro benzene ring substituents is 1. The molecule has 1 rings (SSSR count). The Bertz CT molecular complexity index is 426. The van der Waals surface area contributed by atoms with E-state index in [0.29, 0.717) is 5.33 Å². The SMILES string of the molecule is COC(C)CN(C)c1ccc([N+](=O)[O-])cc1CBr. The van der Waals surface area contributed by atoms with E-state index in [2.05, 4.69) is 15.9 Å². The molecule has 18 heavy (non-hydrogen) atoms. The highest BCUT2D eigenvalue weighted by Crippen LogP contribution is 2.26. The van der Waals surface area contributed by atoms with Crippen LogP contribution < -0.4 is 4.90 Å². The van der Waals surface area contributed by atoms with Crippen molar-refractivity contribution < 1.29 is 9.66 Å². The van der Waals surface area contributed by atoms with Crippen LogP contribution in [0.25, 0.3) is 0 Å². The van der Waals surface area contributed by atoms with E-state index in [0.717, 1.165) is 17.8 Å².